The van der Waals surface area contributed by atoms with Gasteiger partial charge in [0.1, 0.15) is 18.8 Å². The van der Waals surface area contributed by atoms with Gasteiger partial charge in [-0.1, -0.05) is 17.7 Å². The van der Waals surface area contributed by atoms with E-state index in [2.05, 4.69) is 10.2 Å². The number of ketones is 1. The predicted molar refractivity (Wildman–Crippen MR) is 129 cm³/mol. The number of carbonyl (C=O) groups excluding carboxylic acids is 2. The van der Waals surface area contributed by atoms with Gasteiger partial charge in [0.15, 0.2) is 11.7 Å². The van der Waals surface area contributed by atoms with E-state index >= 15 is 0 Å². The molecule has 2 saturated heterocycles. The molecule has 0 saturated carbocycles. The Labute approximate surface area is 201 Å². The molecular weight excluding hydrogens is 454 g/mol. The maximum absolute atomic E-state index is 13.5. The maximum Gasteiger partial charge on any atom is 0.522 e. The van der Waals surface area contributed by atoms with Crippen molar-refractivity contribution in [2.75, 3.05) is 45.6 Å². The third-order valence-electron chi connectivity index (χ3n) is 6.98. The molecule has 184 valence electrons. The number of likely N-dealkylation sites (N-methyl/N-ethyl adjacent to an activating group) is 1. The number of quaternary nitrogens is 1. The Kier molecular flexibility index (Phi) is 7.37. The molecule has 4 rings (SSSR count). The van der Waals surface area contributed by atoms with Gasteiger partial charge in [0.05, 0.1) is 10.9 Å². The first-order chi connectivity index (χ1) is 16.2. The molecule has 0 radical (unpaired) electrons. The molecule has 34 heavy (non-hydrogen) atoms. The first-order valence-electron chi connectivity index (χ1n) is 11.9. The lowest BCUT2D eigenvalue weighted by molar-refractivity contribution is -0.850. The van der Waals surface area contributed by atoms with Crippen molar-refractivity contribution in [3.05, 3.63) is 53.3 Å². The number of nitrogens with zero attached hydrogens (tertiary/aromatic N) is 2. The van der Waals surface area contributed by atoms with Crippen LogP contribution in [0.2, 0.25) is 0 Å². The summed E-state index contributed by atoms with van der Waals surface area (Å²) < 4.78 is 32.0. The lowest BCUT2D eigenvalue weighted by Crippen LogP contribution is -2.63. The SMILES string of the molecule is Cc1ccc(S(=O)(=O)C[N+]2(C(=O)OC3=CCCC(C(=O)[C@@H]4CCCN4)=C3)CCN(C)CC2)cc1. The zero-order valence-corrected chi connectivity index (χ0v) is 20.8. The van der Waals surface area contributed by atoms with Crippen LogP contribution >= 0.6 is 0 Å². The molecule has 0 bridgehead atoms. The molecule has 0 unspecified atom stereocenters. The Morgan fingerprint density at radius 3 is 2.53 bits per heavy atom. The van der Waals surface area contributed by atoms with Crippen molar-refractivity contribution in [3.8, 4) is 0 Å². The summed E-state index contributed by atoms with van der Waals surface area (Å²) in [5.74, 6) is 0.0451. The van der Waals surface area contributed by atoms with E-state index in [1.54, 1.807) is 36.4 Å². The highest BCUT2D eigenvalue weighted by Crippen LogP contribution is 2.26. The monoisotopic (exact) mass is 488 g/mol. The number of hydrogen-bond donors (Lipinski definition) is 1. The zero-order valence-electron chi connectivity index (χ0n) is 20.0. The number of aryl methyl sites for hydroxylation is 1. The molecule has 0 spiro atoms. The second kappa shape index (κ2) is 10.1. The van der Waals surface area contributed by atoms with Crippen LogP contribution in [0.5, 0.6) is 0 Å². The molecule has 1 aliphatic carbocycles. The summed E-state index contributed by atoms with van der Waals surface area (Å²) in [6.45, 7) is 4.60. The van der Waals surface area contributed by atoms with Crippen LogP contribution in [0.4, 0.5) is 4.79 Å². The summed E-state index contributed by atoms with van der Waals surface area (Å²) in [6.07, 6.45) is 5.90. The van der Waals surface area contributed by atoms with Crippen molar-refractivity contribution in [2.45, 2.75) is 43.5 Å². The van der Waals surface area contributed by atoms with Gasteiger partial charge in [-0.3, -0.25) is 9.69 Å². The third kappa shape index (κ3) is 5.49. The van der Waals surface area contributed by atoms with E-state index < -0.39 is 15.9 Å². The van der Waals surface area contributed by atoms with E-state index in [0.717, 1.165) is 24.9 Å². The first kappa shape index (κ1) is 24.8. The van der Waals surface area contributed by atoms with Gasteiger partial charge >= 0.3 is 6.09 Å². The van der Waals surface area contributed by atoms with Crippen LogP contribution in [0.15, 0.2) is 52.6 Å². The number of carbonyl (C=O) groups is 2. The van der Waals surface area contributed by atoms with Gasteiger partial charge in [-0.25, -0.2) is 12.9 Å². The van der Waals surface area contributed by atoms with Crippen molar-refractivity contribution in [1.29, 1.82) is 0 Å². The summed E-state index contributed by atoms with van der Waals surface area (Å²) in [5, 5.41) is 3.22. The number of ether oxygens (including phenoxy) is 1. The molecule has 1 aromatic carbocycles. The van der Waals surface area contributed by atoms with Gasteiger partial charge in [0.25, 0.3) is 0 Å². The second-order valence-corrected chi connectivity index (χ2v) is 11.6. The van der Waals surface area contributed by atoms with Crippen LogP contribution in [0.25, 0.3) is 0 Å². The van der Waals surface area contributed by atoms with Crippen LogP contribution < -0.4 is 5.32 Å². The Hall–Kier alpha value is -2.33. The average molecular weight is 489 g/mol. The summed E-state index contributed by atoms with van der Waals surface area (Å²) >= 11 is 0. The van der Waals surface area contributed by atoms with E-state index in [4.69, 9.17) is 4.74 Å². The molecule has 2 fully saturated rings. The predicted octanol–water partition coefficient (Wildman–Crippen LogP) is 2.55. The number of sulfone groups is 1. The molecular formula is C25H34N3O5S+. The smallest absolute Gasteiger partial charge is 0.381 e. The standard InChI is InChI=1S/C25H34N3O5S/c1-19-8-10-22(11-9-19)34(31,32)18-28(15-13-27(2)14-16-28)25(30)33-21-6-3-5-20(17-21)24(29)23-7-4-12-26-23/h6,8-11,17,23,26H,3-5,7,12-16,18H2,1-2H3/q+1/t23-/m0/s1. The van der Waals surface area contributed by atoms with E-state index in [1.807, 2.05) is 14.0 Å². The molecule has 1 atom stereocenters. The lowest BCUT2D eigenvalue weighted by atomic mass is 9.95. The van der Waals surface area contributed by atoms with Gasteiger partial charge in [0, 0.05) is 18.7 Å². The molecule has 8 nitrogen and oxygen atoms in total. The van der Waals surface area contributed by atoms with Crippen LogP contribution in [-0.2, 0) is 19.4 Å². The minimum Gasteiger partial charge on any atom is -0.381 e. The normalized spacial score (nSPS) is 23.2. The van der Waals surface area contributed by atoms with Crippen LogP contribution in [-0.4, -0.2) is 81.4 Å². The Balaban J connectivity index is 1.54. The lowest BCUT2D eigenvalue weighted by Gasteiger charge is -2.39. The molecule has 9 heteroatoms. The number of Topliss-reactive ketones (excluding diaryl/α,β-unsaturated/α-hetero) is 1. The highest BCUT2D eigenvalue weighted by Gasteiger charge is 2.46. The summed E-state index contributed by atoms with van der Waals surface area (Å²) in [6, 6.07) is 6.52. The van der Waals surface area contributed by atoms with Gasteiger partial charge in [-0.2, -0.15) is 4.79 Å². The fourth-order valence-corrected chi connectivity index (χ4v) is 6.44. The third-order valence-corrected chi connectivity index (χ3v) is 8.80. The van der Waals surface area contributed by atoms with E-state index in [9.17, 15) is 18.0 Å². The number of hydrogen-bond acceptors (Lipinski definition) is 7. The average Bonchev–Trinajstić information content (AvgIpc) is 3.35. The van der Waals surface area contributed by atoms with Crippen molar-refractivity contribution >= 4 is 21.7 Å². The quantitative estimate of drug-likeness (QED) is 0.615. The van der Waals surface area contributed by atoms with Crippen molar-refractivity contribution < 1.29 is 27.2 Å². The van der Waals surface area contributed by atoms with Crippen molar-refractivity contribution in [2.24, 2.45) is 0 Å². The zero-order chi connectivity index (χ0) is 24.3. The van der Waals surface area contributed by atoms with Crippen LogP contribution in [0.3, 0.4) is 0 Å². The van der Waals surface area contributed by atoms with E-state index in [0.29, 0.717) is 50.4 Å². The van der Waals surface area contributed by atoms with Crippen LogP contribution in [0, 0.1) is 6.92 Å². The molecule has 2 aliphatic heterocycles. The maximum atomic E-state index is 13.5. The molecule has 1 amide bonds. The number of piperazine rings is 1. The van der Waals surface area contributed by atoms with Gasteiger partial charge in [0.2, 0.25) is 9.84 Å². The molecule has 1 N–H and O–H groups in total. The number of benzene rings is 1. The van der Waals surface area contributed by atoms with Crippen molar-refractivity contribution in [1.82, 2.24) is 10.2 Å². The number of nitrogens with one attached hydrogen (secondary N) is 1. The van der Waals surface area contributed by atoms with Crippen LogP contribution in [0.1, 0.15) is 31.2 Å². The molecule has 2 heterocycles. The van der Waals surface area contributed by atoms with Gasteiger partial charge < -0.3 is 10.1 Å². The molecule has 0 aromatic heterocycles. The highest BCUT2D eigenvalue weighted by molar-refractivity contribution is 7.91. The highest BCUT2D eigenvalue weighted by atomic mass is 32.2. The first-order valence-corrected chi connectivity index (χ1v) is 13.6. The van der Waals surface area contributed by atoms with E-state index in [1.165, 1.54) is 0 Å². The minimum atomic E-state index is -3.72. The van der Waals surface area contributed by atoms with Crippen molar-refractivity contribution in [3.63, 3.8) is 0 Å². The Morgan fingerprint density at radius 1 is 1.18 bits per heavy atom. The Bertz CT molecular complexity index is 1090. The minimum absolute atomic E-state index is 0.0598. The number of allylic oxidation sites excluding steroid dienone is 2. The Morgan fingerprint density at radius 2 is 1.88 bits per heavy atom. The fourth-order valence-electron chi connectivity index (χ4n) is 4.73. The second-order valence-electron chi connectivity index (χ2n) is 9.65. The molecule has 1 aromatic rings. The van der Waals surface area contributed by atoms with Gasteiger partial charge in [-0.15, -0.1) is 0 Å². The summed E-state index contributed by atoms with van der Waals surface area (Å²) in [4.78, 5) is 28.6. The number of amides is 1. The largest absolute Gasteiger partial charge is 0.522 e. The summed E-state index contributed by atoms with van der Waals surface area (Å²) in [5.41, 5.74) is 1.62. The molecule has 3 aliphatic rings. The fraction of sp³-hybridized carbons (Fsp3) is 0.520. The van der Waals surface area contributed by atoms with E-state index in [-0.39, 0.29) is 27.1 Å². The summed E-state index contributed by atoms with van der Waals surface area (Å²) in [7, 11) is -1.76. The number of rotatable bonds is 6. The van der Waals surface area contributed by atoms with Gasteiger partial charge in [-0.05, 0) is 70.5 Å². The topological polar surface area (TPSA) is 92.8 Å².